The van der Waals surface area contributed by atoms with E-state index in [2.05, 4.69) is 154 Å². The SMILES string of the molecule is c1ccc2cc(-c3ccc4c(ccc5cc(N(c6ccc(-c7nccc8cnccc78)cc6)c6ccc(-c7nccc8cnccc78)cc6)ccc54)c3)ccc2c1. The van der Waals surface area contributed by atoms with Crippen LogP contribution in [-0.4, -0.2) is 19.9 Å². The van der Waals surface area contributed by atoms with Crippen LogP contribution in [0.15, 0.2) is 201 Å². The molecule has 0 saturated carbocycles. The summed E-state index contributed by atoms with van der Waals surface area (Å²) in [5.41, 5.74) is 9.58. The molecule has 57 heavy (non-hydrogen) atoms. The summed E-state index contributed by atoms with van der Waals surface area (Å²) >= 11 is 0. The van der Waals surface area contributed by atoms with Gasteiger partial charge in [0, 0.05) is 86.9 Å². The predicted octanol–water partition coefficient (Wildman–Crippen LogP) is 13.5. The number of anilines is 3. The third-order valence-corrected chi connectivity index (χ3v) is 11.1. The molecule has 0 N–H and O–H groups in total. The molecular weight excluding hydrogens is 695 g/mol. The fraction of sp³-hybridized carbons (Fsp3) is 0. The lowest BCUT2D eigenvalue weighted by Gasteiger charge is -2.26. The fourth-order valence-electron chi connectivity index (χ4n) is 8.22. The summed E-state index contributed by atoms with van der Waals surface area (Å²) in [6, 6.07) is 58.8. The van der Waals surface area contributed by atoms with Gasteiger partial charge in [-0.1, -0.05) is 91.0 Å². The number of nitrogens with zero attached hydrogens (tertiary/aromatic N) is 5. The predicted molar refractivity (Wildman–Crippen MR) is 236 cm³/mol. The van der Waals surface area contributed by atoms with Crippen molar-refractivity contribution in [1.82, 2.24) is 19.9 Å². The van der Waals surface area contributed by atoms with Crippen molar-refractivity contribution in [3.63, 3.8) is 0 Å². The highest BCUT2D eigenvalue weighted by Crippen LogP contribution is 2.40. The minimum atomic E-state index is 0.941. The van der Waals surface area contributed by atoms with E-state index >= 15 is 0 Å². The lowest BCUT2D eigenvalue weighted by molar-refractivity contribution is 1.28. The van der Waals surface area contributed by atoms with Gasteiger partial charge in [0.1, 0.15) is 0 Å². The average molecular weight is 728 g/mol. The molecule has 11 aromatic rings. The van der Waals surface area contributed by atoms with Crippen LogP contribution in [0.1, 0.15) is 0 Å². The Morgan fingerprint density at radius 3 is 1.39 bits per heavy atom. The molecule has 0 aliphatic heterocycles. The van der Waals surface area contributed by atoms with Crippen LogP contribution >= 0.6 is 0 Å². The molecule has 11 rings (SSSR count). The topological polar surface area (TPSA) is 54.8 Å². The third kappa shape index (κ3) is 5.81. The molecule has 0 atom stereocenters. The molecular formula is C52H33N5. The van der Waals surface area contributed by atoms with E-state index in [1.54, 1.807) is 0 Å². The first-order valence-electron chi connectivity index (χ1n) is 19.1. The Morgan fingerprint density at radius 2 is 0.772 bits per heavy atom. The molecule has 5 nitrogen and oxygen atoms in total. The molecule has 0 spiro atoms. The average Bonchev–Trinajstić information content (AvgIpc) is 3.29. The molecule has 5 heteroatoms. The first kappa shape index (κ1) is 32.7. The first-order valence-corrected chi connectivity index (χ1v) is 19.1. The normalized spacial score (nSPS) is 11.5. The van der Waals surface area contributed by atoms with E-state index in [1.807, 2.05) is 61.4 Å². The Kier molecular flexibility index (Phi) is 7.74. The second kappa shape index (κ2) is 13.5. The molecule has 0 aliphatic rings. The number of pyridine rings is 4. The maximum absolute atomic E-state index is 4.77. The zero-order valence-corrected chi connectivity index (χ0v) is 30.8. The summed E-state index contributed by atoms with van der Waals surface area (Å²) in [4.78, 5) is 20.5. The third-order valence-electron chi connectivity index (χ3n) is 11.1. The van der Waals surface area contributed by atoms with E-state index < -0.39 is 0 Å². The standard InChI is InChI=1S/C52H33N5/c1-2-4-37-29-38(6-5-34(37)3-1)39-13-19-47-40(30-39)7-8-41-31-46(18-20-48(41)47)57(44-14-9-35(10-15-44)51-49-23-25-53-32-42(49)21-27-55-51)45-16-11-36(12-17-45)52-50-24-26-54-33-43(50)22-28-56-52/h1-33H. The van der Waals surface area contributed by atoms with Crippen molar-refractivity contribution in [2.24, 2.45) is 0 Å². The summed E-state index contributed by atoms with van der Waals surface area (Å²) in [7, 11) is 0. The Hall–Kier alpha value is -7.76. The molecule has 0 saturated heterocycles. The molecule has 7 aromatic carbocycles. The highest BCUT2D eigenvalue weighted by Gasteiger charge is 2.16. The summed E-state index contributed by atoms with van der Waals surface area (Å²) < 4.78 is 0. The fourth-order valence-corrected chi connectivity index (χ4v) is 8.22. The van der Waals surface area contributed by atoms with Gasteiger partial charge in [-0.3, -0.25) is 19.9 Å². The monoisotopic (exact) mass is 727 g/mol. The Labute approximate surface area is 329 Å². The lowest BCUT2D eigenvalue weighted by Crippen LogP contribution is -2.10. The highest BCUT2D eigenvalue weighted by molar-refractivity contribution is 6.10. The molecule has 266 valence electrons. The number of hydrogen-bond acceptors (Lipinski definition) is 5. The maximum Gasteiger partial charge on any atom is 0.0781 e. The van der Waals surface area contributed by atoms with Gasteiger partial charge in [-0.25, -0.2) is 0 Å². The van der Waals surface area contributed by atoms with E-state index in [-0.39, 0.29) is 0 Å². The van der Waals surface area contributed by atoms with Gasteiger partial charge in [0.05, 0.1) is 11.4 Å². The van der Waals surface area contributed by atoms with Crippen molar-refractivity contribution in [3.8, 4) is 33.6 Å². The van der Waals surface area contributed by atoms with Crippen molar-refractivity contribution in [2.45, 2.75) is 0 Å². The van der Waals surface area contributed by atoms with Gasteiger partial charge in [0.25, 0.3) is 0 Å². The molecule has 0 radical (unpaired) electrons. The van der Waals surface area contributed by atoms with Crippen LogP contribution in [0, 0.1) is 0 Å². The van der Waals surface area contributed by atoms with Gasteiger partial charge < -0.3 is 4.90 Å². The van der Waals surface area contributed by atoms with E-state index in [0.29, 0.717) is 0 Å². The number of fused-ring (bicyclic) bond motifs is 6. The minimum absolute atomic E-state index is 0.941. The van der Waals surface area contributed by atoms with Crippen LogP contribution in [0.4, 0.5) is 17.1 Å². The molecule has 0 unspecified atom stereocenters. The molecule has 0 aliphatic carbocycles. The summed E-state index contributed by atoms with van der Waals surface area (Å²) in [5.74, 6) is 0. The van der Waals surface area contributed by atoms with E-state index in [0.717, 1.165) is 61.1 Å². The van der Waals surface area contributed by atoms with E-state index in [4.69, 9.17) is 9.97 Å². The van der Waals surface area contributed by atoms with Crippen molar-refractivity contribution in [1.29, 1.82) is 0 Å². The van der Waals surface area contributed by atoms with E-state index in [9.17, 15) is 0 Å². The summed E-state index contributed by atoms with van der Waals surface area (Å²) in [5, 5.41) is 11.7. The minimum Gasteiger partial charge on any atom is -0.310 e. The van der Waals surface area contributed by atoms with Gasteiger partial charge >= 0.3 is 0 Å². The van der Waals surface area contributed by atoms with Crippen LogP contribution in [0.3, 0.4) is 0 Å². The Bertz CT molecular complexity index is 3170. The number of rotatable bonds is 6. The zero-order chi connectivity index (χ0) is 37.7. The second-order valence-corrected chi connectivity index (χ2v) is 14.4. The molecule has 0 fully saturated rings. The van der Waals surface area contributed by atoms with Gasteiger partial charge in [-0.15, -0.1) is 0 Å². The molecule has 0 amide bonds. The van der Waals surface area contributed by atoms with Crippen LogP contribution in [0.25, 0.3) is 87.5 Å². The van der Waals surface area contributed by atoms with Crippen molar-refractivity contribution >= 4 is 70.9 Å². The summed E-state index contributed by atoms with van der Waals surface area (Å²) in [6.45, 7) is 0. The van der Waals surface area contributed by atoms with Crippen molar-refractivity contribution < 1.29 is 0 Å². The van der Waals surface area contributed by atoms with Gasteiger partial charge in [0.2, 0.25) is 0 Å². The van der Waals surface area contributed by atoms with Gasteiger partial charge in [0.15, 0.2) is 0 Å². The van der Waals surface area contributed by atoms with Gasteiger partial charge in [-0.2, -0.15) is 0 Å². The van der Waals surface area contributed by atoms with Crippen LogP contribution < -0.4 is 4.90 Å². The lowest BCUT2D eigenvalue weighted by atomic mass is 9.96. The van der Waals surface area contributed by atoms with Crippen molar-refractivity contribution in [3.05, 3.63) is 201 Å². The number of benzene rings is 7. The summed E-state index contributed by atoms with van der Waals surface area (Å²) in [6.07, 6.45) is 11.1. The number of aromatic nitrogens is 4. The molecule has 0 bridgehead atoms. The quantitative estimate of drug-likeness (QED) is 0.160. The maximum atomic E-state index is 4.77. The van der Waals surface area contributed by atoms with Crippen LogP contribution in [0.5, 0.6) is 0 Å². The van der Waals surface area contributed by atoms with Gasteiger partial charge in [-0.05, 0) is 116 Å². The highest BCUT2D eigenvalue weighted by atomic mass is 15.1. The van der Waals surface area contributed by atoms with Crippen LogP contribution in [-0.2, 0) is 0 Å². The Balaban J connectivity index is 1.00. The zero-order valence-electron chi connectivity index (χ0n) is 30.8. The smallest absolute Gasteiger partial charge is 0.0781 e. The second-order valence-electron chi connectivity index (χ2n) is 14.4. The largest absolute Gasteiger partial charge is 0.310 e. The van der Waals surface area contributed by atoms with E-state index in [1.165, 1.54) is 43.4 Å². The van der Waals surface area contributed by atoms with Crippen LogP contribution in [0.2, 0.25) is 0 Å². The molecule has 4 aromatic heterocycles. The number of hydrogen-bond donors (Lipinski definition) is 0. The first-order chi connectivity index (χ1) is 28.2. The van der Waals surface area contributed by atoms with Crippen molar-refractivity contribution in [2.75, 3.05) is 4.90 Å². The Morgan fingerprint density at radius 1 is 0.298 bits per heavy atom. The molecule has 4 heterocycles.